The number of hydrogen-bond acceptors (Lipinski definition) is 6. The summed E-state index contributed by atoms with van der Waals surface area (Å²) in [5.74, 6) is 1.70. The molecule has 0 fully saturated rings. The third kappa shape index (κ3) is 6.10. The Morgan fingerprint density at radius 3 is 2.61 bits per heavy atom. The lowest BCUT2D eigenvalue weighted by Gasteiger charge is -2.12. The standard InChI is InChI=1S/C22H22N4O4.CH2O2/c1-14-3-4-16(22(28)24-17-5-6-19-20(12-17)30-13-29-19)11-18(14)25-21(27)7-9-26-10-8-23-15(26)2;2-1-3/h3-6,8,10-12H,7,9,13H2,1-2H3,(H,24,28)(H,25,27);1H,(H,2,3). The van der Waals surface area contributed by atoms with Gasteiger partial charge in [-0.05, 0) is 43.7 Å². The van der Waals surface area contributed by atoms with Gasteiger partial charge < -0.3 is 29.8 Å². The molecule has 0 saturated heterocycles. The van der Waals surface area contributed by atoms with Gasteiger partial charge in [0.05, 0.1) is 0 Å². The number of benzene rings is 2. The number of imidazole rings is 1. The van der Waals surface area contributed by atoms with Crippen molar-refractivity contribution in [3.63, 3.8) is 0 Å². The van der Waals surface area contributed by atoms with Gasteiger partial charge >= 0.3 is 0 Å². The van der Waals surface area contributed by atoms with E-state index in [4.69, 9.17) is 19.4 Å². The SMILES string of the molecule is Cc1ccc(C(=O)Nc2ccc3c(c2)OCO3)cc1NC(=O)CCn1ccnc1C.O=CO. The lowest BCUT2D eigenvalue weighted by atomic mass is 10.1. The van der Waals surface area contributed by atoms with Gasteiger partial charge in [0, 0.05) is 48.4 Å². The van der Waals surface area contributed by atoms with E-state index in [-0.39, 0.29) is 25.1 Å². The van der Waals surface area contributed by atoms with Crippen LogP contribution in [0.15, 0.2) is 48.8 Å². The van der Waals surface area contributed by atoms with Crippen molar-refractivity contribution in [2.24, 2.45) is 0 Å². The van der Waals surface area contributed by atoms with Gasteiger partial charge in [-0.1, -0.05) is 6.07 Å². The van der Waals surface area contributed by atoms with Gasteiger partial charge in [0.25, 0.3) is 12.4 Å². The highest BCUT2D eigenvalue weighted by Gasteiger charge is 2.15. The number of carbonyl (C=O) groups excluding carboxylic acids is 2. The van der Waals surface area contributed by atoms with E-state index in [1.54, 1.807) is 36.5 Å². The Bertz CT molecular complexity index is 1160. The molecule has 0 spiro atoms. The molecule has 0 radical (unpaired) electrons. The number of carboxylic acid groups (broad SMARTS) is 1. The van der Waals surface area contributed by atoms with Crippen LogP contribution in [0.2, 0.25) is 0 Å². The summed E-state index contributed by atoms with van der Waals surface area (Å²) in [6, 6.07) is 10.4. The molecule has 10 heteroatoms. The van der Waals surface area contributed by atoms with Gasteiger partial charge in [-0.15, -0.1) is 0 Å². The van der Waals surface area contributed by atoms with E-state index in [2.05, 4.69) is 15.6 Å². The second kappa shape index (κ2) is 10.8. The Labute approximate surface area is 190 Å². The second-order valence-electron chi connectivity index (χ2n) is 7.12. The molecule has 0 aliphatic carbocycles. The maximum atomic E-state index is 12.7. The van der Waals surface area contributed by atoms with E-state index in [1.807, 2.05) is 30.7 Å². The average Bonchev–Trinajstić information content (AvgIpc) is 3.42. The summed E-state index contributed by atoms with van der Waals surface area (Å²) in [6.07, 6.45) is 3.86. The number of nitrogens with zero attached hydrogens (tertiary/aromatic N) is 2. The summed E-state index contributed by atoms with van der Waals surface area (Å²) in [7, 11) is 0. The topological polar surface area (TPSA) is 132 Å². The smallest absolute Gasteiger partial charge is 0.290 e. The van der Waals surface area contributed by atoms with E-state index in [9.17, 15) is 9.59 Å². The largest absolute Gasteiger partial charge is 0.483 e. The molecule has 2 aromatic carbocycles. The van der Waals surface area contributed by atoms with E-state index in [0.717, 1.165) is 11.4 Å². The molecule has 1 aliphatic rings. The van der Waals surface area contributed by atoms with Crippen LogP contribution in [0.3, 0.4) is 0 Å². The van der Waals surface area contributed by atoms with Crippen LogP contribution in [0.1, 0.15) is 28.2 Å². The summed E-state index contributed by atoms with van der Waals surface area (Å²) in [6.45, 7) is 4.24. The Morgan fingerprint density at radius 2 is 1.88 bits per heavy atom. The molecule has 0 atom stereocenters. The van der Waals surface area contributed by atoms with Crippen molar-refractivity contribution < 1.29 is 29.0 Å². The van der Waals surface area contributed by atoms with Crippen LogP contribution in [0.5, 0.6) is 11.5 Å². The quantitative estimate of drug-likeness (QED) is 0.489. The number of aryl methyl sites for hydroxylation is 3. The number of carbonyl (C=O) groups is 3. The molecular weight excluding hydrogens is 428 g/mol. The van der Waals surface area contributed by atoms with Crippen LogP contribution >= 0.6 is 0 Å². The summed E-state index contributed by atoms with van der Waals surface area (Å²) >= 11 is 0. The summed E-state index contributed by atoms with van der Waals surface area (Å²) in [5, 5.41) is 12.6. The highest BCUT2D eigenvalue weighted by molar-refractivity contribution is 6.05. The highest BCUT2D eigenvalue weighted by Crippen LogP contribution is 2.34. The molecule has 0 saturated carbocycles. The van der Waals surface area contributed by atoms with Crippen molar-refractivity contribution in [2.75, 3.05) is 17.4 Å². The van der Waals surface area contributed by atoms with Crippen LogP contribution in [0.4, 0.5) is 11.4 Å². The molecule has 0 bridgehead atoms. The fraction of sp³-hybridized carbons (Fsp3) is 0.217. The summed E-state index contributed by atoms with van der Waals surface area (Å²) in [5.41, 5.74) is 2.53. The Balaban J connectivity index is 0.000000968. The van der Waals surface area contributed by atoms with Crippen molar-refractivity contribution in [3.05, 3.63) is 65.7 Å². The lowest BCUT2D eigenvalue weighted by molar-refractivity contribution is -0.123. The second-order valence-corrected chi connectivity index (χ2v) is 7.12. The molecule has 3 N–H and O–H groups in total. The van der Waals surface area contributed by atoms with Gasteiger partial charge in [-0.3, -0.25) is 14.4 Å². The minimum absolute atomic E-state index is 0.125. The number of ether oxygens (including phenoxy) is 2. The minimum atomic E-state index is -0.279. The van der Waals surface area contributed by atoms with Crippen LogP contribution in [-0.4, -0.2) is 39.7 Å². The first kappa shape index (κ1) is 23.3. The maximum Gasteiger partial charge on any atom is 0.290 e. The average molecular weight is 452 g/mol. The first-order valence-corrected chi connectivity index (χ1v) is 10.1. The highest BCUT2D eigenvalue weighted by atomic mass is 16.7. The molecule has 1 aromatic heterocycles. The Kier molecular flexibility index (Phi) is 7.64. The van der Waals surface area contributed by atoms with Crippen molar-refractivity contribution in [3.8, 4) is 11.5 Å². The van der Waals surface area contributed by atoms with E-state index in [1.165, 1.54) is 0 Å². The van der Waals surface area contributed by atoms with Gasteiger partial charge in [-0.2, -0.15) is 0 Å². The van der Waals surface area contributed by atoms with Gasteiger partial charge in [0.15, 0.2) is 11.5 Å². The molecular formula is C23H24N4O6. The van der Waals surface area contributed by atoms with Crippen LogP contribution in [0, 0.1) is 13.8 Å². The third-order valence-corrected chi connectivity index (χ3v) is 4.91. The van der Waals surface area contributed by atoms with Crippen molar-refractivity contribution in [1.29, 1.82) is 0 Å². The molecule has 2 amide bonds. The van der Waals surface area contributed by atoms with Gasteiger partial charge in [-0.25, -0.2) is 4.98 Å². The normalized spacial score (nSPS) is 11.2. The van der Waals surface area contributed by atoms with Gasteiger partial charge in [0.1, 0.15) is 5.82 Å². The molecule has 1 aliphatic heterocycles. The number of anilines is 2. The van der Waals surface area contributed by atoms with Crippen molar-refractivity contribution in [1.82, 2.24) is 9.55 Å². The van der Waals surface area contributed by atoms with Crippen molar-refractivity contribution >= 4 is 29.7 Å². The predicted molar refractivity (Wildman–Crippen MR) is 121 cm³/mol. The monoisotopic (exact) mass is 452 g/mol. The number of fused-ring (bicyclic) bond motifs is 1. The van der Waals surface area contributed by atoms with Crippen LogP contribution in [0.25, 0.3) is 0 Å². The number of amides is 2. The number of hydrogen-bond donors (Lipinski definition) is 3. The molecule has 3 aromatic rings. The maximum absolute atomic E-state index is 12.7. The zero-order chi connectivity index (χ0) is 23.8. The van der Waals surface area contributed by atoms with E-state index >= 15 is 0 Å². The fourth-order valence-corrected chi connectivity index (χ4v) is 3.15. The summed E-state index contributed by atoms with van der Waals surface area (Å²) in [4.78, 5) is 37.6. The molecule has 10 nitrogen and oxygen atoms in total. The van der Waals surface area contributed by atoms with Crippen LogP contribution in [-0.2, 0) is 16.1 Å². The number of nitrogens with one attached hydrogen (secondary N) is 2. The van der Waals surface area contributed by atoms with Crippen molar-refractivity contribution in [2.45, 2.75) is 26.8 Å². The fourth-order valence-electron chi connectivity index (χ4n) is 3.15. The molecule has 172 valence electrons. The summed E-state index contributed by atoms with van der Waals surface area (Å²) < 4.78 is 12.5. The van der Waals surface area contributed by atoms with E-state index < -0.39 is 0 Å². The Hall–Kier alpha value is -4.34. The molecule has 0 unspecified atom stereocenters. The zero-order valence-electron chi connectivity index (χ0n) is 18.2. The lowest BCUT2D eigenvalue weighted by Crippen LogP contribution is -2.17. The predicted octanol–water partition coefficient (Wildman–Crippen LogP) is 3.21. The Morgan fingerprint density at radius 1 is 1.12 bits per heavy atom. The zero-order valence-corrected chi connectivity index (χ0v) is 18.2. The minimum Gasteiger partial charge on any atom is -0.483 e. The first-order valence-electron chi connectivity index (χ1n) is 10.1. The van der Waals surface area contributed by atoms with E-state index in [0.29, 0.717) is 41.4 Å². The van der Waals surface area contributed by atoms with Gasteiger partial charge in [0.2, 0.25) is 12.7 Å². The third-order valence-electron chi connectivity index (χ3n) is 4.91. The van der Waals surface area contributed by atoms with Crippen LogP contribution < -0.4 is 20.1 Å². The number of aromatic nitrogens is 2. The number of rotatable bonds is 6. The molecule has 2 heterocycles. The molecule has 33 heavy (non-hydrogen) atoms. The molecule has 4 rings (SSSR count). The first-order chi connectivity index (χ1) is 15.9.